The number of aromatic nitrogens is 5. The molecule has 18 nitrogen and oxygen atoms in total. The van der Waals surface area contributed by atoms with E-state index in [4.69, 9.17) is 9.97 Å². The summed E-state index contributed by atoms with van der Waals surface area (Å²) in [5, 5.41) is 39.6. The zero-order valence-electron chi connectivity index (χ0n) is 42.9. The third-order valence-electron chi connectivity index (χ3n) is 16.8. The van der Waals surface area contributed by atoms with Crippen molar-refractivity contribution >= 4 is 46.6 Å². The minimum Gasteiger partial charge on any atom is -0.507 e. The molecular formula is C55H69N13O5S. The van der Waals surface area contributed by atoms with Crippen LogP contribution in [0.2, 0.25) is 0 Å². The Morgan fingerprint density at radius 3 is 2.35 bits per heavy atom. The number of β-amino-alcohol motifs (C(OH)–C–C–N with tert-alkyl or cyclic N) is 1. The summed E-state index contributed by atoms with van der Waals surface area (Å²) in [7, 11) is 0. The van der Waals surface area contributed by atoms with E-state index in [1.54, 1.807) is 23.5 Å². The van der Waals surface area contributed by atoms with E-state index in [0.717, 1.165) is 117 Å². The van der Waals surface area contributed by atoms with E-state index in [2.05, 4.69) is 45.8 Å². The second-order valence-electron chi connectivity index (χ2n) is 22.7. The number of fused-ring (bicyclic) bond motifs is 3. The van der Waals surface area contributed by atoms with Crippen molar-refractivity contribution in [1.29, 1.82) is 0 Å². The Labute approximate surface area is 437 Å². The Bertz CT molecular complexity index is 2830. The standard InChI is InChI=1S/C55H69N13O5S/c1-34-47(74-33-60-34)37-11-9-35(10-12-37)27-57-50(71)45-23-41(69)32-68(45)51(72)48(54(2,3)4)61-53(73)65-19-15-55(16-20-65)25-39(26-55)64-17-13-36(14-18-64)38-28-58-52(59-29-38)66-21-22-67-40(31-66)30-56-49-44(67)24-43(62-63-49)42-7-5-6-8-46(42)70/h5-12,24,28-29,33,36,39-41,45,48,69-70H,13-23,25-27,30-32H2,1-4H3,(H,56,63)(H,57,71)(H,61,73)/t40-,41+,45-,48+/m0/s1. The summed E-state index contributed by atoms with van der Waals surface area (Å²) in [5.41, 5.74) is 7.92. The molecule has 4 amide bonds. The van der Waals surface area contributed by atoms with Gasteiger partial charge >= 0.3 is 6.03 Å². The first-order valence-corrected chi connectivity index (χ1v) is 27.4. The Hall–Kier alpha value is -6.44. The first-order valence-electron chi connectivity index (χ1n) is 26.5. The molecule has 0 radical (unpaired) electrons. The van der Waals surface area contributed by atoms with Gasteiger partial charge in [0.2, 0.25) is 17.8 Å². The molecule has 11 rings (SSSR count). The van der Waals surface area contributed by atoms with E-state index in [1.165, 1.54) is 10.5 Å². The van der Waals surface area contributed by atoms with Crippen molar-refractivity contribution in [1.82, 2.24) is 50.5 Å². The number of phenols is 1. The number of nitrogens with one attached hydrogen (secondary N) is 3. The van der Waals surface area contributed by atoms with E-state index >= 15 is 0 Å². The quantitative estimate of drug-likeness (QED) is 0.109. The number of piperazine rings is 1. The number of benzene rings is 2. The summed E-state index contributed by atoms with van der Waals surface area (Å²) < 4.78 is 0. The fourth-order valence-corrected chi connectivity index (χ4v) is 13.2. The lowest BCUT2D eigenvalue weighted by molar-refractivity contribution is -0.142. The van der Waals surface area contributed by atoms with Crippen molar-refractivity contribution in [2.75, 3.05) is 74.0 Å². The number of piperidine rings is 2. The van der Waals surface area contributed by atoms with Gasteiger partial charge in [0, 0.05) is 82.8 Å². The van der Waals surface area contributed by atoms with Gasteiger partial charge in [-0.2, -0.15) is 0 Å². The van der Waals surface area contributed by atoms with Crippen LogP contribution in [0.3, 0.4) is 0 Å². The van der Waals surface area contributed by atoms with Gasteiger partial charge in [-0.25, -0.2) is 19.7 Å². The summed E-state index contributed by atoms with van der Waals surface area (Å²) in [4.78, 5) is 67.8. The number of likely N-dealkylation sites (tertiary alicyclic amines) is 3. The van der Waals surface area contributed by atoms with Crippen molar-refractivity contribution < 1.29 is 24.6 Å². The normalized spacial score (nSPS) is 22.6. The van der Waals surface area contributed by atoms with E-state index in [9.17, 15) is 24.6 Å². The van der Waals surface area contributed by atoms with Gasteiger partial charge in [-0.05, 0) is 110 Å². The van der Waals surface area contributed by atoms with Gasteiger partial charge in [-0.15, -0.1) is 21.5 Å². The fraction of sp³-hybridized carbons (Fsp3) is 0.527. The Kier molecular flexibility index (Phi) is 13.7. The molecule has 1 saturated carbocycles. The number of hydrogen-bond donors (Lipinski definition) is 5. The number of phenolic OH excluding ortho intramolecular Hbond substituents is 1. The number of amides is 4. The van der Waals surface area contributed by atoms with Crippen molar-refractivity contribution in [3.05, 3.63) is 89.3 Å². The average Bonchev–Trinajstić information content (AvgIpc) is 4.03. The molecular weight excluding hydrogens is 955 g/mol. The number of thiazole rings is 1. The molecule has 74 heavy (non-hydrogen) atoms. The lowest BCUT2D eigenvalue weighted by Crippen LogP contribution is -2.61. The van der Waals surface area contributed by atoms with Crippen LogP contribution in [0.25, 0.3) is 21.7 Å². The van der Waals surface area contributed by atoms with Crippen LogP contribution in [0.15, 0.2) is 72.5 Å². The molecule has 3 aromatic heterocycles. The molecule has 5 fully saturated rings. The van der Waals surface area contributed by atoms with Gasteiger partial charge in [-0.3, -0.25) is 9.59 Å². The predicted molar refractivity (Wildman–Crippen MR) is 285 cm³/mol. The number of nitrogens with zero attached hydrogens (tertiary/aromatic N) is 10. The summed E-state index contributed by atoms with van der Waals surface area (Å²) in [6.45, 7) is 14.6. The average molecular weight is 1020 g/mol. The number of urea groups is 1. The highest BCUT2D eigenvalue weighted by atomic mass is 32.1. The highest BCUT2D eigenvalue weighted by Gasteiger charge is 2.50. The molecule has 1 aliphatic carbocycles. The molecule has 4 atom stereocenters. The van der Waals surface area contributed by atoms with Crippen molar-refractivity contribution in [3.63, 3.8) is 0 Å². The number of aliphatic hydroxyl groups is 1. The lowest BCUT2D eigenvalue weighted by atomic mass is 9.59. The van der Waals surface area contributed by atoms with Gasteiger partial charge in [-0.1, -0.05) is 57.2 Å². The monoisotopic (exact) mass is 1020 g/mol. The molecule has 5 N–H and O–H groups in total. The molecule has 0 bridgehead atoms. The maximum Gasteiger partial charge on any atom is 0.318 e. The molecule has 6 aliphatic rings. The molecule has 5 aromatic rings. The van der Waals surface area contributed by atoms with E-state index in [1.807, 2.05) is 93.0 Å². The number of hydrogen-bond acceptors (Lipinski definition) is 15. The highest BCUT2D eigenvalue weighted by molar-refractivity contribution is 7.13. The molecule has 0 unspecified atom stereocenters. The smallest absolute Gasteiger partial charge is 0.318 e. The predicted octanol–water partition coefficient (Wildman–Crippen LogP) is 6.02. The molecule has 19 heteroatoms. The number of aryl methyl sites for hydroxylation is 1. The second kappa shape index (κ2) is 20.4. The van der Waals surface area contributed by atoms with Crippen LogP contribution in [0, 0.1) is 17.8 Å². The molecule has 2 aromatic carbocycles. The summed E-state index contributed by atoms with van der Waals surface area (Å²) >= 11 is 1.59. The maximum atomic E-state index is 14.3. The topological polar surface area (TPSA) is 208 Å². The van der Waals surface area contributed by atoms with Crippen LogP contribution >= 0.6 is 11.3 Å². The van der Waals surface area contributed by atoms with Crippen molar-refractivity contribution in [3.8, 4) is 27.4 Å². The largest absolute Gasteiger partial charge is 0.507 e. The first kappa shape index (κ1) is 49.8. The molecule has 8 heterocycles. The highest BCUT2D eigenvalue weighted by Crippen LogP contribution is 2.52. The van der Waals surface area contributed by atoms with Crippen LogP contribution in [-0.4, -0.2) is 157 Å². The molecule has 1 spiro atoms. The Morgan fingerprint density at radius 2 is 1.65 bits per heavy atom. The van der Waals surface area contributed by atoms with Crippen molar-refractivity contribution in [2.45, 2.75) is 115 Å². The number of rotatable bonds is 10. The van der Waals surface area contributed by atoms with Gasteiger partial charge < -0.3 is 50.7 Å². The summed E-state index contributed by atoms with van der Waals surface area (Å²) in [5.74, 6) is 1.47. The van der Waals surface area contributed by atoms with Crippen LogP contribution in [0.5, 0.6) is 5.75 Å². The van der Waals surface area contributed by atoms with Gasteiger partial charge in [0.15, 0.2) is 5.82 Å². The molecule has 4 saturated heterocycles. The van der Waals surface area contributed by atoms with Gasteiger partial charge in [0.25, 0.3) is 0 Å². The minimum absolute atomic E-state index is 0.0341. The number of carbonyl (C=O) groups excluding carboxylic acids is 3. The van der Waals surface area contributed by atoms with E-state index in [-0.39, 0.29) is 54.6 Å². The van der Waals surface area contributed by atoms with Crippen LogP contribution in [0.1, 0.15) is 88.5 Å². The number of anilines is 3. The fourth-order valence-electron chi connectivity index (χ4n) is 12.4. The van der Waals surface area contributed by atoms with E-state index < -0.39 is 23.6 Å². The summed E-state index contributed by atoms with van der Waals surface area (Å²) in [6, 6.07) is 16.0. The summed E-state index contributed by atoms with van der Waals surface area (Å²) in [6.07, 6.45) is 9.72. The van der Waals surface area contributed by atoms with Crippen LogP contribution < -0.4 is 25.8 Å². The van der Waals surface area contributed by atoms with Gasteiger partial charge in [0.1, 0.15) is 17.8 Å². The number of aromatic hydroxyl groups is 1. The Balaban J connectivity index is 0.622. The third-order valence-corrected chi connectivity index (χ3v) is 17.8. The van der Waals surface area contributed by atoms with Gasteiger partial charge in [0.05, 0.1) is 39.6 Å². The number of para-hydroxylation sites is 1. The van der Waals surface area contributed by atoms with Crippen LogP contribution in [0.4, 0.5) is 22.2 Å². The van der Waals surface area contributed by atoms with Crippen LogP contribution in [-0.2, 0) is 16.1 Å². The zero-order chi connectivity index (χ0) is 51.3. The second-order valence-corrected chi connectivity index (χ2v) is 23.5. The minimum atomic E-state index is -0.880. The molecule has 390 valence electrons. The number of carbonyl (C=O) groups is 3. The van der Waals surface area contributed by atoms with Crippen molar-refractivity contribution in [2.24, 2.45) is 10.8 Å². The number of aliphatic hydroxyl groups excluding tert-OH is 1. The Morgan fingerprint density at radius 1 is 0.905 bits per heavy atom. The third kappa shape index (κ3) is 10.1. The van der Waals surface area contributed by atoms with E-state index in [0.29, 0.717) is 36.3 Å². The maximum absolute atomic E-state index is 14.3. The zero-order valence-corrected chi connectivity index (χ0v) is 43.7. The SMILES string of the molecule is Cc1ncsc1-c1ccc(CNC(=O)[C@@H]2C[C@@H](O)CN2C(=O)[C@@H](NC(=O)N2CCC3(CC2)CC(N2CCC(c4cnc(N5CCN6c7cc(-c8ccccc8O)nnc7NC[C@H]6C5)nc4)CC2)C3)C(C)(C)C)cc1. The molecule has 5 aliphatic heterocycles. The lowest BCUT2D eigenvalue weighted by Gasteiger charge is -2.56. The first-order chi connectivity index (χ1) is 35.7.